The van der Waals surface area contributed by atoms with Crippen molar-refractivity contribution in [2.24, 2.45) is 0 Å². The lowest BCUT2D eigenvalue weighted by molar-refractivity contribution is 0.294. The molecule has 6 heteroatoms. The topological polar surface area (TPSA) is 77.4 Å². The summed E-state index contributed by atoms with van der Waals surface area (Å²) in [6, 6.07) is 13.9. The van der Waals surface area contributed by atoms with Crippen LogP contribution in [0, 0.1) is 0 Å². The summed E-state index contributed by atoms with van der Waals surface area (Å²) in [5.41, 5.74) is 4.11. The van der Waals surface area contributed by atoms with Gasteiger partial charge in [0.15, 0.2) is 23.0 Å². The zero-order chi connectivity index (χ0) is 24.7. The van der Waals surface area contributed by atoms with Crippen molar-refractivity contribution in [3.05, 3.63) is 60.2 Å². The van der Waals surface area contributed by atoms with Gasteiger partial charge in [-0.25, -0.2) is 0 Å². The minimum absolute atomic E-state index is 0.0183. The molecular formula is C28H32O6. The van der Waals surface area contributed by atoms with Crippen molar-refractivity contribution in [1.82, 2.24) is 0 Å². The second-order valence-electron chi connectivity index (χ2n) is 8.03. The van der Waals surface area contributed by atoms with Crippen molar-refractivity contribution < 1.29 is 29.2 Å². The van der Waals surface area contributed by atoms with Crippen molar-refractivity contribution in [3.63, 3.8) is 0 Å². The first-order valence-electron chi connectivity index (χ1n) is 11.2. The van der Waals surface area contributed by atoms with Crippen LogP contribution in [0.15, 0.2) is 60.2 Å². The lowest BCUT2D eigenvalue weighted by Gasteiger charge is -2.21. The third kappa shape index (κ3) is 5.57. The van der Waals surface area contributed by atoms with E-state index in [1.54, 1.807) is 50.6 Å². The van der Waals surface area contributed by atoms with Crippen LogP contribution in [0.2, 0.25) is 0 Å². The molecule has 0 heterocycles. The highest BCUT2D eigenvalue weighted by molar-refractivity contribution is 5.88. The number of hydrogen-bond acceptors (Lipinski definition) is 6. The molecule has 3 aromatic rings. The molecule has 0 radical (unpaired) electrons. The third-order valence-corrected chi connectivity index (χ3v) is 5.23. The summed E-state index contributed by atoms with van der Waals surface area (Å²) in [5, 5.41) is 20.4. The van der Waals surface area contributed by atoms with E-state index in [0.29, 0.717) is 47.3 Å². The fraction of sp³-hybridized carbons (Fsp3) is 0.286. The second kappa shape index (κ2) is 11.4. The third-order valence-electron chi connectivity index (χ3n) is 5.23. The molecule has 34 heavy (non-hydrogen) atoms. The van der Waals surface area contributed by atoms with Gasteiger partial charge in [-0.15, -0.1) is 0 Å². The van der Waals surface area contributed by atoms with Gasteiger partial charge in [0.2, 0.25) is 0 Å². The van der Waals surface area contributed by atoms with E-state index in [1.807, 2.05) is 39.0 Å². The molecule has 2 N–H and O–H groups in total. The maximum Gasteiger partial charge on any atom is 0.173 e. The van der Waals surface area contributed by atoms with Gasteiger partial charge in [-0.05, 0) is 67.8 Å². The number of aromatic hydroxyl groups is 2. The lowest BCUT2D eigenvalue weighted by Crippen LogP contribution is -2.03. The Balaban J connectivity index is 2.16. The predicted molar refractivity (Wildman–Crippen MR) is 134 cm³/mol. The van der Waals surface area contributed by atoms with E-state index >= 15 is 0 Å². The molecule has 0 aliphatic carbocycles. The standard InChI is InChI=1S/C28H32O6/c1-6-14-34-28-26(20-9-12-24(23(30)16-20)33-15-13-18(2)3)25(31-4)17-22(27(28)32-5)19-7-10-21(29)11-8-19/h7-13,16-17,29-30H,6,14-15H2,1-5H3. The lowest BCUT2D eigenvalue weighted by atomic mass is 9.96. The number of allylic oxidation sites excluding steroid dienone is 1. The smallest absolute Gasteiger partial charge is 0.173 e. The predicted octanol–water partition coefficient (Wildman–Crippen LogP) is 6.58. The molecule has 0 atom stereocenters. The highest BCUT2D eigenvalue weighted by Gasteiger charge is 2.24. The molecule has 3 rings (SSSR count). The number of ether oxygens (including phenoxy) is 4. The summed E-state index contributed by atoms with van der Waals surface area (Å²) in [4.78, 5) is 0. The minimum Gasteiger partial charge on any atom is -0.508 e. The summed E-state index contributed by atoms with van der Waals surface area (Å²) < 4.78 is 23.4. The molecule has 0 spiro atoms. The van der Waals surface area contributed by atoms with E-state index in [1.165, 1.54) is 0 Å². The van der Waals surface area contributed by atoms with Gasteiger partial charge in [0.25, 0.3) is 0 Å². The van der Waals surface area contributed by atoms with Gasteiger partial charge in [-0.1, -0.05) is 30.7 Å². The Bertz CT molecular complexity index is 1140. The highest BCUT2D eigenvalue weighted by Crippen LogP contribution is 2.51. The van der Waals surface area contributed by atoms with Gasteiger partial charge in [-0.2, -0.15) is 0 Å². The zero-order valence-corrected chi connectivity index (χ0v) is 20.3. The van der Waals surface area contributed by atoms with E-state index in [4.69, 9.17) is 18.9 Å². The van der Waals surface area contributed by atoms with Gasteiger partial charge in [0.1, 0.15) is 18.1 Å². The number of phenols is 2. The first-order chi connectivity index (χ1) is 16.4. The van der Waals surface area contributed by atoms with Gasteiger partial charge in [0, 0.05) is 5.56 Å². The summed E-state index contributed by atoms with van der Waals surface area (Å²) >= 11 is 0. The monoisotopic (exact) mass is 464 g/mol. The van der Waals surface area contributed by atoms with Gasteiger partial charge < -0.3 is 29.2 Å². The average molecular weight is 465 g/mol. The largest absolute Gasteiger partial charge is 0.508 e. The van der Waals surface area contributed by atoms with Gasteiger partial charge >= 0.3 is 0 Å². The summed E-state index contributed by atoms with van der Waals surface area (Å²) in [7, 11) is 3.18. The van der Waals surface area contributed by atoms with Crippen LogP contribution in [0.4, 0.5) is 0 Å². The molecule has 3 aromatic carbocycles. The Labute approximate surface area is 201 Å². The van der Waals surface area contributed by atoms with E-state index < -0.39 is 0 Å². The Hall–Kier alpha value is -3.80. The molecule has 0 fully saturated rings. The van der Waals surface area contributed by atoms with Crippen LogP contribution in [-0.2, 0) is 0 Å². The van der Waals surface area contributed by atoms with E-state index in [-0.39, 0.29) is 11.5 Å². The molecule has 0 aromatic heterocycles. The Kier molecular flexibility index (Phi) is 8.30. The molecule has 6 nitrogen and oxygen atoms in total. The van der Waals surface area contributed by atoms with Crippen LogP contribution in [0.25, 0.3) is 22.3 Å². The maximum absolute atomic E-state index is 10.7. The van der Waals surface area contributed by atoms with Crippen molar-refractivity contribution in [2.45, 2.75) is 27.2 Å². The van der Waals surface area contributed by atoms with Gasteiger partial charge in [0.05, 0.1) is 26.4 Å². The van der Waals surface area contributed by atoms with E-state index in [9.17, 15) is 10.2 Å². The molecule has 0 saturated heterocycles. The van der Waals surface area contributed by atoms with Crippen LogP contribution in [0.3, 0.4) is 0 Å². The first-order valence-corrected chi connectivity index (χ1v) is 11.2. The maximum atomic E-state index is 10.7. The second-order valence-corrected chi connectivity index (χ2v) is 8.03. The molecule has 0 saturated carbocycles. The summed E-state index contributed by atoms with van der Waals surface area (Å²) in [5.74, 6) is 2.21. The number of rotatable bonds is 10. The van der Waals surface area contributed by atoms with Crippen molar-refractivity contribution in [2.75, 3.05) is 27.4 Å². The molecular weight excluding hydrogens is 432 g/mol. The zero-order valence-electron chi connectivity index (χ0n) is 20.3. The molecule has 0 amide bonds. The molecule has 0 aliphatic heterocycles. The molecule has 0 unspecified atom stereocenters. The number of benzene rings is 3. The fourth-order valence-corrected chi connectivity index (χ4v) is 3.54. The van der Waals surface area contributed by atoms with Crippen molar-refractivity contribution >= 4 is 0 Å². The average Bonchev–Trinajstić information content (AvgIpc) is 2.83. The Morgan fingerprint density at radius 3 is 2.12 bits per heavy atom. The molecule has 180 valence electrons. The van der Waals surface area contributed by atoms with Gasteiger partial charge in [-0.3, -0.25) is 0 Å². The van der Waals surface area contributed by atoms with E-state index in [2.05, 4.69) is 0 Å². The minimum atomic E-state index is 0.0183. The normalized spacial score (nSPS) is 10.5. The van der Waals surface area contributed by atoms with Crippen molar-refractivity contribution in [3.8, 4) is 56.8 Å². The number of phenolic OH excluding ortho intramolecular Hbond substituents is 2. The van der Waals surface area contributed by atoms with E-state index in [0.717, 1.165) is 23.1 Å². The summed E-state index contributed by atoms with van der Waals surface area (Å²) in [6.45, 7) is 6.86. The van der Waals surface area contributed by atoms with Crippen LogP contribution in [-0.4, -0.2) is 37.6 Å². The van der Waals surface area contributed by atoms with Crippen LogP contribution >= 0.6 is 0 Å². The van der Waals surface area contributed by atoms with Crippen molar-refractivity contribution in [1.29, 1.82) is 0 Å². The Morgan fingerprint density at radius 1 is 0.824 bits per heavy atom. The van der Waals surface area contributed by atoms with Crippen LogP contribution < -0.4 is 18.9 Å². The molecule has 0 aliphatic rings. The SMILES string of the molecule is CCCOc1c(OC)c(-c2ccc(O)cc2)cc(OC)c1-c1ccc(OCC=C(C)C)c(O)c1. The first kappa shape index (κ1) is 24.8. The number of methoxy groups -OCH3 is 2. The molecule has 0 bridgehead atoms. The van der Waals surface area contributed by atoms with Crippen LogP contribution in [0.1, 0.15) is 27.2 Å². The van der Waals surface area contributed by atoms with Crippen LogP contribution in [0.5, 0.6) is 34.5 Å². The summed E-state index contributed by atoms with van der Waals surface area (Å²) in [6.07, 6.45) is 2.75. The highest BCUT2D eigenvalue weighted by atomic mass is 16.5. The number of hydrogen-bond donors (Lipinski definition) is 2. The Morgan fingerprint density at radius 2 is 1.53 bits per heavy atom. The quantitative estimate of drug-likeness (QED) is 0.330. The fourth-order valence-electron chi connectivity index (χ4n) is 3.54.